The van der Waals surface area contributed by atoms with Gasteiger partial charge in [0, 0.05) is 0 Å². The molecule has 0 bridgehead atoms. The summed E-state index contributed by atoms with van der Waals surface area (Å²) in [5, 5.41) is -1.41. The van der Waals surface area contributed by atoms with Crippen molar-refractivity contribution in [1.82, 2.24) is 0 Å². The highest BCUT2D eigenvalue weighted by Gasteiger charge is 2.70. The largest absolute Gasteiger partial charge is 0.359 e. The van der Waals surface area contributed by atoms with Crippen LogP contribution in [0, 0.1) is 0 Å². The summed E-state index contributed by atoms with van der Waals surface area (Å²) in [7, 11) is -20.4. The molecule has 1 unspecified atom stereocenters. The van der Waals surface area contributed by atoms with Crippen molar-refractivity contribution in [2.45, 2.75) is 159 Å². The molecule has 1 atom stereocenters. The molecule has 0 heterocycles. The van der Waals surface area contributed by atoms with E-state index in [0.29, 0.717) is 0 Å². The van der Waals surface area contributed by atoms with Crippen LogP contribution in [0.2, 0.25) is 72.5 Å². The highest BCUT2D eigenvalue weighted by atomic mass is 35.5. The van der Waals surface area contributed by atoms with Crippen LogP contribution in [0.5, 0.6) is 0 Å². The van der Waals surface area contributed by atoms with E-state index in [-0.39, 0.29) is 20.2 Å². The minimum Gasteiger partial charge on any atom is -0.348 e. The van der Waals surface area contributed by atoms with E-state index in [9.17, 15) is 0 Å². The van der Waals surface area contributed by atoms with Crippen LogP contribution in [0.25, 0.3) is 0 Å². The summed E-state index contributed by atoms with van der Waals surface area (Å²) in [4.78, 5) is 0. The first-order valence-electron chi connectivity index (χ1n) is 13.7. The summed E-state index contributed by atoms with van der Waals surface area (Å²) in [6, 6.07) is 0. The Morgan fingerprint density at radius 1 is 0.513 bits per heavy atom. The van der Waals surface area contributed by atoms with E-state index >= 15 is 9.13 Å². The van der Waals surface area contributed by atoms with Crippen LogP contribution in [0.1, 0.15) is 83.1 Å². The molecule has 0 aromatic rings. The number of halogens is 2. The standard InChI is InChI=1S/C25H60Cl2O6P2Si4/c1-21(2,3)36(13,14)30-34(28,31-37(15,16)22(4,5)6)25(26,27)35(29,32-38(17,18)23(7,8)9)33-39(19,20)24(10,11)12/h1-20H3/i30+2,31+2,32+2. The van der Waals surface area contributed by atoms with Crippen LogP contribution in [0.15, 0.2) is 0 Å². The molecule has 0 saturated heterocycles. The van der Waals surface area contributed by atoms with Crippen LogP contribution in [-0.2, 0) is 26.0 Å². The molecule has 0 aliphatic rings. The zero-order valence-corrected chi connectivity index (χ0v) is 35.9. The lowest BCUT2D eigenvalue weighted by atomic mass is 10.2. The van der Waals surface area contributed by atoms with E-state index < -0.39 is 52.3 Å². The summed E-state index contributed by atoms with van der Waals surface area (Å²) >= 11 is 14.4. The van der Waals surface area contributed by atoms with Gasteiger partial charge in [-0.05, 0) is 72.5 Å². The Morgan fingerprint density at radius 2 is 0.769 bits per heavy atom. The van der Waals surface area contributed by atoms with Gasteiger partial charge >= 0.3 is 19.0 Å². The smallest absolute Gasteiger partial charge is 0.348 e. The number of hydrogen-bond acceptors (Lipinski definition) is 6. The lowest BCUT2D eigenvalue weighted by Crippen LogP contribution is -2.49. The second-order valence-electron chi connectivity index (χ2n) is 16.9. The molecule has 39 heavy (non-hydrogen) atoms. The second-order valence-corrected chi connectivity index (χ2v) is 44.0. The van der Waals surface area contributed by atoms with Crippen LogP contribution in [0.4, 0.5) is 0 Å². The van der Waals surface area contributed by atoms with Crippen molar-refractivity contribution in [1.29, 1.82) is 0 Å². The Bertz CT molecular complexity index is 833. The number of hydrogen-bond donors (Lipinski definition) is 0. The van der Waals surface area contributed by atoms with E-state index in [4.69, 9.17) is 40.1 Å². The average molecular weight is 708 g/mol. The summed E-state index contributed by atoms with van der Waals surface area (Å²) < 4.78 is 54.4. The molecule has 0 rings (SSSR count). The predicted molar refractivity (Wildman–Crippen MR) is 183 cm³/mol. The molecule has 236 valence electrons. The lowest BCUT2D eigenvalue weighted by molar-refractivity contribution is 0.333. The Kier molecular flexibility index (Phi) is 12.1. The van der Waals surface area contributed by atoms with Gasteiger partial charge in [0.15, 0.2) is 0 Å². The highest BCUT2D eigenvalue weighted by molar-refractivity contribution is 7.82. The maximum Gasteiger partial charge on any atom is 0.359 e. The molecule has 0 aromatic carbocycles. The SMILES string of the molecule is CC(C)(C)[Si](C)(C)OP(=O)([18O][Si](C)(C)C(C)(C)C)C(Cl)(Cl)P(=O)([18O][Si](C)(C)C(C)(C)C)[18O][Si](C)(C)C(C)(C)C. The van der Waals surface area contributed by atoms with E-state index in [0.717, 1.165) is 0 Å². The Balaban J connectivity index is 7.66. The fourth-order valence-electron chi connectivity index (χ4n) is 2.16. The normalized spacial score (nSPS) is 17.8. The Morgan fingerprint density at radius 3 is 1.00 bits per heavy atom. The van der Waals surface area contributed by atoms with Gasteiger partial charge in [-0.15, -0.1) is 0 Å². The molecular weight excluding hydrogens is 647 g/mol. The van der Waals surface area contributed by atoms with Gasteiger partial charge in [-0.25, -0.2) is 0 Å². The molecule has 0 spiro atoms. The van der Waals surface area contributed by atoms with E-state index in [1.807, 2.05) is 135 Å². The fourth-order valence-corrected chi connectivity index (χ4v) is 24.0. The van der Waals surface area contributed by atoms with Crippen LogP contribution >= 0.6 is 38.4 Å². The summed E-state index contributed by atoms with van der Waals surface area (Å²) in [5.41, 5.74) is 0. The predicted octanol–water partition coefficient (Wildman–Crippen LogP) is 12.5. The van der Waals surface area contributed by atoms with Crippen molar-refractivity contribution in [3.8, 4) is 0 Å². The zero-order valence-electron chi connectivity index (χ0n) is 28.6. The molecule has 0 aromatic heterocycles. The topological polar surface area (TPSA) is 71.1 Å². The fraction of sp³-hybridized carbons (Fsp3) is 1.00. The van der Waals surface area contributed by atoms with Gasteiger partial charge in [-0.3, -0.25) is 9.13 Å². The van der Waals surface area contributed by atoms with Crippen LogP contribution < -0.4 is 0 Å². The maximum absolute atomic E-state index is 15.3. The van der Waals surface area contributed by atoms with Crippen molar-refractivity contribution in [3.63, 3.8) is 0 Å². The molecule has 0 saturated carbocycles. The molecule has 14 heteroatoms. The average Bonchev–Trinajstić information content (AvgIpc) is 2.55. The van der Waals surface area contributed by atoms with Gasteiger partial charge in [0.2, 0.25) is 33.3 Å². The molecular formula is C25H60Cl2O6P2Si4. The minimum absolute atomic E-state index is 0.353. The third kappa shape index (κ3) is 8.91. The summed E-state index contributed by atoms with van der Waals surface area (Å²) in [6.45, 7) is 39.9. The van der Waals surface area contributed by atoms with E-state index in [1.165, 1.54) is 0 Å². The van der Waals surface area contributed by atoms with E-state index in [1.54, 1.807) is 0 Å². The van der Waals surface area contributed by atoms with Crippen molar-refractivity contribution in [2.75, 3.05) is 0 Å². The van der Waals surface area contributed by atoms with Gasteiger partial charge in [0.1, 0.15) is 0 Å². The van der Waals surface area contributed by atoms with Gasteiger partial charge < -0.3 is 16.9 Å². The van der Waals surface area contributed by atoms with Gasteiger partial charge in [-0.2, -0.15) is 0 Å². The molecule has 0 N–H and O–H groups in total. The number of rotatable bonds is 10. The van der Waals surface area contributed by atoms with Crippen molar-refractivity contribution >= 4 is 71.7 Å². The monoisotopic (exact) mass is 706 g/mol. The summed E-state index contributed by atoms with van der Waals surface area (Å²) in [5.74, 6) is 0. The molecule has 6 nitrogen and oxygen atoms in total. The molecule has 0 fully saturated rings. The molecule has 0 radical (unpaired) electrons. The zero-order chi connectivity index (χ0) is 32.3. The van der Waals surface area contributed by atoms with Gasteiger partial charge in [-0.1, -0.05) is 106 Å². The second kappa shape index (κ2) is 11.6. The Hall–Kier alpha value is 1.75. The first kappa shape index (κ1) is 40.7. The van der Waals surface area contributed by atoms with E-state index in [2.05, 4.69) is 0 Å². The van der Waals surface area contributed by atoms with Crippen molar-refractivity contribution in [2.24, 2.45) is 0 Å². The highest BCUT2D eigenvalue weighted by Crippen LogP contribution is 2.85. The molecule has 0 aliphatic carbocycles. The minimum atomic E-state index is -4.57. The lowest BCUT2D eigenvalue weighted by Gasteiger charge is -2.50. The van der Waals surface area contributed by atoms with Crippen LogP contribution in [-0.4, -0.2) is 37.1 Å². The molecule has 0 amide bonds. The maximum atomic E-state index is 15.3. The van der Waals surface area contributed by atoms with Gasteiger partial charge in [0.05, 0.1) is 0 Å². The third-order valence-electron chi connectivity index (χ3n) is 9.28. The van der Waals surface area contributed by atoms with Crippen molar-refractivity contribution < 1.29 is 26.0 Å². The number of alkyl halides is 2. The Labute approximate surface area is 256 Å². The van der Waals surface area contributed by atoms with Crippen LogP contribution in [0.3, 0.4) is 0 Å². The summed E-state index contributed by atoms with van der Waals surface area (Å²) in [6.07, 6.45) is 0. The molecule has 0 aliphatic heterocycles. The third-order valence-corrected chi connectivity index (χ3v) is 40.1. The first-order valence-corrected chi connectivity index (χ1v) is 29.2. The van der Waals surface area contributed by atoms with Crippen molar-refractivity contribution in [3.05, 3.63) is 0 Å². The quantitative estimate of drug-likeness (QED) is 0.0974. The first-order chi connectivity index (χ1) is 16.3. The van der Waals surface area contributed by atoms with Gasteiger partial charge in [0.25, 0.3) is 0 Å².